The summed E-state index contributed by atoms with van der Waals surface area (Å²) in [6, 6.07) is 14.7. The van der Waals surface area contributed by atoms with Gasteiger partial charge in [-0.1, -0.05) is 24.3 Å². The molecular formula is C23H14FN3O7S. The summed E-state index contributed by atoms with van der Waals surface area (Å²) in [4.78, 5) is 47.0. The highest BCUT2D eigenvalue weighted by Gasteiger charge is 2.35. The van der Waals surface area contributed by atoms with Crippen LogP contribution in [-0.2, 0) is 11.3 Å². The van der Waals surface area contributed by atoms with Crippen LogP contribution >= 0.6 is 11.8 Å². The van der Waals surface area contributed by atoms with E-state index in [1.807, 2.05) is 0 Å². The van der Waals surface area contributed by atoms with Crippen LogP contribution < -0.4 is 4.74 Å². The molecule has 0 N–H and O–H groups in total. The summed E-state index contributed by atoms with van der Waals surface area (Å²) in [5.41, 5.74) is 0.0510. The van der Waals surface area contributed by atoms with Crippen LogP contribution in [0, 0.1) is 26.0 Å². The normalized spacial score (nSPS) is 14.4. The molecule has 35 heavy (non-hydrogen) atoms. The number of hydrogen-bond donors (Lipinski definition) is 0. The maximum atomic E-state index is 13.1. The number of non-ortho nitro benzene ring substituents is 1. The fraction of sp³-hybridized carbons (Fsp3) is 0.0435. The van der Waals surface area contributed by atoms with Crippen molar-refractivity contribution in [2.45, 2.75) is 6.54 Å². The van der Waals surface area contributed by atoms with E-state index in [0.29, 0.717) is 11.1 Å². The first kappa shape index (κ1) is 23.6. The Bertz CT molecular complexity index is 1390. The number of nitro benzene ring substituents is 2. The average molecular weight is 495 g/mol. The van der Waals surface area contributed by atoms with Crippen LogP contribution in [0.2, 0.25) is 0 Å². The third-order valence-corrected chi connectivity index (χ3v) is 5.77. The van der Waals surface area contributed by atoms with Crippen LogP contribution in [0.1, 0.15) is 11.1 Å². The number of ether oxygens (including phenoxy) is 1. The summed E-state index contributed by atoms with van der Waals surface area (Å²) in [5, 5.41) is 21.8. The number of benzene rings is 3. The summed E-state index contributed by atoms with van der Waals surface area (Å²) in [5.74, 6) is -0.954. The first-order chi connectivity index (χ1) is 16.7. The highest BCUT2D eigenvalue weighted by molar-refractivity contribution is 8.18. The minimum absolute atomic E-state index is 0.00471. The number of thioether (sulfide) groups is 1. The summed E-state index contributed by atoms with van der Waals surface area (Å²) < 4.78 is 18.7. The van der Waals surface area contributed by atoms with Crippen molar-refractivity contribution in [1.29, 1.82) is 0 Å². The van der Waals surface area contributed by atoms with E-state index in [4.69, 9.17) is 4.74 Å². The van der Waals surface area contributed by atoms with Crippen LogP contribution in [0.25, 0.3) is 6.08 Å². The summed E-state index contributed by atoms with van der Waals surface area (Å²) in [6.07, 6.45) is 1.48. The van der Waals surface area contributed by atoms with Crippen LogP contribution in [0.3, 0.4) is 0 Å². The van der Waals surface area contributed by atoms with Gasteiger partial charge >= 0.3 is 5.69 Å². The lowest BCUT2D eigenvalue weighted by Crippen LogP contribution is -2.27. The maximum absolute atomic E-state index is 13.1. The molecule has 12 heteroatoms. The lowest BCUT2D eigenvalue weighted by atomic mass is 10.2. The van der Waals surface area contributed by atoms with Crippen molar-refractivity contribution in [3.8, 4) is 11.5 Å². The predicted molar refractivity (Wildman–Crippen MR) is 124 cm³/mol. The predicted octanol–water partition coefficient (Wildman–Crippen LogP) is 5.67. The standard InChI is InChI=1S/C23H14FN3O7S/c24-16-6-4-14(5-7-16)13-25-22(28)21(35-23(25)29)11-15-2-1-3-18(10-15)34-20-9-8-17(26(30)31)12-19(20)27(32)33/h1-12H,13H2/b21-11+. The van der Waals surface area contributed by atoms with Gasteiger partial charge in [-0.05, 0) is 59.3 Å². The number of nitrogens with zero attached hydrogens (tertiary/aromatic N) is 3. The molecule has 1 heterocycles. The molecule has 176 valence electrons. The molecule has 1 aliphatic rings. The second kappa shape index (κ2) is 9.73. The minimum Gasteiger partial charge on any atom is -0.450 e. The van der Waals surface area contributed by atoms with Gasteiger partial charge in [0.05, 0.1) is 27.4 Å². The van der Waals surface area contributed by atoms with Crippen LogP contribution in [0.5, 0.6) is 11.5 Å². The number of carbonyl (C=O) groups is 2. The second-order valence-corrected chi connectivity index (χ2v) is 8.23. The number of imide groups is 1. The Morgan fingerprint density at radius 2 is 1.71 bits per heavy atom. The molecule has 1 aliphatic heterocycles. The van der Waals surface area contributed by atoms with Gasteiger partial charge in [0.1, 0.15) is 11.6 Å². The minimum atomic E-state index is -0.788. The number of carbonyl (C=O) groups excluding carboxylic acids is 2. The average Bonchev–Trinajstić information content (AvgIpc) is 3.08. The van der Waals surface area contributed by atoms with E-state index in [1.54, 1.807) is 12.1 Å². The Morgan fingerprint density at radius 3 is 2.40 bits per heavy atom. The number of hydrogen-bond acceptors (Lipinski definition) is 8. The quantitative estimate of drug-likeness (QED) is 0.233. The fourth-order valence-electron chi connectivity index (χ4n) is 3.20. The number of amides is 2. The lowest BCUT2D eigenvalue weighted by Gasteiger charge is -2.12. The van der Waals surface area contributed by atoms with Crippen molar-refractivity contribution in [3.63, 3.8) is 0 Å². The van der Waals surface area contributed by atoms with Gasteiger partial charge in [-0.3, -0.25) is 34.7 Å². The first-order valence-corrected chi connectivity index (χ1v) is 10.7. The molecule has 10 nitrogen and oxygen atoms in total. The van der Waals surface area contributed by atoms with Gasteiger partial charge in [0, 0.05) is 6.07 Å². The maximum Gasteiger partial charge on any atom is 0.318 e. The zero-order valence-electron chi connectivity index (χ0n) is 17.6. The Morgan fingerprint density at radius 1 is 0.971 bits per heavy atom. The SMILES string of the molecule is O=C1S/C(=C/c2cccc(Oc3ccc([N+](=O)[O-])cc3[N+](=O)[O-])c2)C(=O)N1Cc1ccc(F)cc1. The third-order valence-electron chi connectivity index (χ3n) is 4.86. The van der Waals surface area contributed by atoms with Crippen LogP contribution in [-0.4, -0.2) is 25.9 Å². The lowest BCUT2D eigenvalue weighted by molar-refractivity contribution is -0.394. The van der Waals surface area contributed by atoms with Gasteiger partial charge in [0.15, 0.2) is 0 Å². The molecule has 0 saturated carbocycles. The van der Waals surface area contributed by atoms with E-state index in [1.165, 1.54) is 42.5 Å². The Balaban J connectivity index is 1.54. The molecule has 3 aromatic rings. The van der Waals surface area contributed by atoms with E-state index in [2.05, 4.69) is 0 Å². The van der Waals surface area contributed by atoms with Crippen molar-refractivity contribution in [3.05, 3.63) is 109 Å². The van der Waals surface area contributed by atoms with Gasteiger partial charge in [0.2, 0.25) is 5.75 Å². The largest absolute Gasteiger partial charge is 0.450 e. The Hall–Kier alpha value is -4.58. The van der Waals surface area contributed by atoms with Crippen molar-refractivity contribution >= 4 is 40.4 Å². The van der Waals surface area contributed by atoms with Gasteiger partial charge < -0.3 is 4.74 Å². The van der Waals surface area contributed by atoms with E-state index in [9.17, 15) is 34.2 Å². The van der Waals surface area contributed by atoms with Crippen LogP contribution in [0.4, 0.5) is 20.6 Å². The first-order valence-electron chi connectivity index (χ1n) is 9.92. The fourth-order valence-corrected chi connectivity index (χ4v) is 4.04. The zero-order chi connectivity index (χ0) is 25.1. The van der Waals surface area contributed by atoms with E-state index in [-0.39, 0.29) is 22.9 Å². The molecule has 0 spiro atoms. The highest BCUT2D eigenvalue weighted by atomic mass is 32.2. The molecule has 1 fully saturated rings. The van der Waals surface area contributed by atoms with Crippen molar-refractivity contribution < 1.29 is 28.6 Å². The third kappa shape index (κ3) is 5.33. The van der Waals surface area contributed by atoms with Gasteiger partial charge in [-0.25, -0.2) is 4.39 Å². The zero-order valence-corrected chi connectivity index (χ0v) is 18.4. The number of nitro groups is 2. The van der Waals surface area contributed by atoms with Crippen molar-refractivity contribution in [2.24, 2.45) is 0 Å². The van der Waals surface area contributed by atoms with Gasteiger partial charge in [-0.15, -0.1) is 0 Å². The molecule has 2 amide bonds. The van der Waals surface area contributed by atoms with E-state index < -0.39 is 38.2 Å². The molecule has 0 aliphatic carbocycles. The highest BCUT2D eigenvalue weighted by Crippen LogP contribution is 2.36. The Kier molecular flexibility index (Phi) is 6.55. The van der Waals surface area contributed by atoms with Gasteiger partial charge in [0.25, 0.3) is 16.8 Å². The Labute approximate surface area is 200 Å². The molecule has 1 saturated heterocycles. The molecular weight excluding hydrogens is 481 g/mol. The molecule has 0 radical (unpaired) electrons. The second-order valence-electron chi connectivity index (χ2n) is 7.24. The van der Waals surface area contributed by atoms with Crippen LogP contribution in [0.15, 0.2) is 71.6 Å². The number of halogens is 1. The molecule has 0 atom stereocenters. The van der Waals surface area contributed by atoms with Gasteiger partial charge in [-0.2, -0.15) is 0 Å². The molecule has 0 aromatic heterocycles. The summed E-state index contributed by atoms with van der Waals surface area (Å²) in [6.45, 7) is -0.00471. The smallest absolute Gasteiger partial charge is 0.318 e. The monoisotopic (exact) mass is 495 g/mol. The molecule has 0 unspecified atom stereocenters. The van der Waals surface area contributed by atoms with E-state index in [0.717, 1.165) is 34.9 Å². The molecule has 4 rings (SSSR count). The van der Waals surface area contributed by atoms with Crippen molar-refractivity contribution in [1.82, 2.24) is 4.90 Å². The summed E-state index contributed by atoms with van der Waals surface area (Å²) in [7, 11) is 0. The summed E-state index contributed by atoms with van der Waals surface area (Å²) >= 11 is 0.750. The molecule has 0 bridgehead atoms. The van der Waals surface area contributed by atoms with E-state index >= 15 is 0 Å². The topological polar surface area (TPSA) is 133 Å². The van der Waals surface area contributed by atoms with Crippen molar-refractivity contribution in [2.75, 3.05) is 0 Å². The number of rotatable bonds is 7. The molecule has 3 aromatic carbocycles.